The summed E-state index contributed by atoms with van der Waals surface area (Å²) in [5.74, 6) is 0.713. The molecule has 0 N–H and O–H groups in total. The molecule has 1 heterocycles. The molecule has 140 valence electrons. The number of benzene rings is 2. The van der Waals surface area contributed by atoms with E-state index < -0.39 is 15.8 Å². The Bertz CT molecular complexity index is 914. The number of halogens is 1. The number of aryl methyl sites for hydroxylation is 1. The number of methoxy groups -OCH3 is 2. The van der Waals surface area contributed by atoms with Crippen LogP contribution in [0.1, 0.15) is 30.0 Å². The number of sulfonamides is 1. The van der Waals surface area contributed by atoms with Gasteiger partial charge in [-0.15, -0.1) is 0 Å². The zero-order valence-electron chi connectivity index (χ0n) is 15.0. The third-order valence-electron chi connectivity index (χ3n) is 4.72. The fourth-order valence-electron chi connectivity index (χ4n) is 3.45. The van der Waals surface area contributed by atoms with Crippen molar-refractivity contribution in [2.24, 2.45) is 0 Å². The van der Waals surface area contributed by atoms with E-state index in [2.05, 4.69) is 0 Å². The normalized spacial score (nSPS) is 18.1. The molecule has 2 aromatic carbocycles. The highest BCUT2D eigenvalue weighted by molar-refractivity contribution is 7.89. The predicted octanol–water partition coefficient (Wildman–Crippen LogP) is 3.68. The molecular weight excluding hydrogens is 357 g/mol. The van der Waals surface area contributed by atoms with Crippen molar-refractivity contribution >= 4 is 10.0 Å². The van der Waals surface area contributed by atoms with E-state index in [4.69, 9.17) is 9.47 Å². The fourth-order valence-corrected chi connectivity index (χ4v) is 5.34. The van der Waals surface area contributed by atoms with E-state index in [9.17, 15) is 12.8 Å². The Balaban J connectivity index is 2.00. The molecule has 1 aliphatic rings. The molecule has 0 aromatic heterocycles. The Morgan fingerprint density at radius 1 is 1.08 bits per heavy atom. The first kappa shape index (κ1) is 18.7. The van der Waals surface area contributed by atoms with Gasteiger partial charge in [-0.2, -0.15) is 4.31 Å². The van der Waals surface area contributed by atoms with Gasteiger partial charge in [-0.1, -0.05) is 6.07 Å². The lowest BCUT2D eigenvalue weighted by Crippen LogP contribution is -2.31. The van der Waals surface area contributed by atoms with Crippen molar-refractivity contribution in [3.63, 3.8) is 0 Å². The Morgan fingerprint density at radius 2 is 1.81 bits per heavy atom. The zero-order valence-corrected chi connectivity index (χ0v) is 15.8. The SMILES string of the molecule is COc1ccc(C2CCCN2S(=O)(=O)c2ccc(F)cc2C)cc1OC. The lowest BCUT2D eigenvalue weighted by molar-refractivity contribution is 0.351. The first-order valence-corrected chi connectivity index (χ1v) is 9.82. The Labute approximate surface area is 153 Å². The molecule has 0 radical (unpaired) electrons. The maximum atomic E-state index is 13.4. The van der Waals surface area contributed by atoms with Gasteiger partial charge in [-0.25, -0.2) is 12.8 Å². The second-order valence-corrected chi connectivity index (χ2v) is 8.16. The Hall–Kier alpha value is -2.12. The van der Waals surface area contributed by atoms with Gasteiger partial charge in [-0.05, 0) is 61.2 Å². The van der Waals surface area contributed by atoms with Crippen LogP contribution in [-0.4, -0.2) is 33.5 Å². The van der Waals surface area contributed by atoms with Gasteiger partial charge < -0.3 is 9.47 Å². The minimum atomic E-state index is -3.72. The number of hydrogen-bond donors (Lipinski definition) is 0. The molecular formula is C19H22FNO4S. The van der Waals surface area contributed by atoms with E-state index >= 15 is 0 Å². The molecule has 0 saturated carbocycles. The highest BCUT2D eigenvalue weighted by Crippen LogP contribution is 2.40. The van der Waals surface area contributed by atoms with Gasteiger partial charge in [0, 0.05) is 6.54 Å². The molecule has 2 aromatic rings. The first-order chi connectivity index (χ1) is 12.4. The molecule has 0 spiro atoms. The van der Waals surface area contributed by atoms with Crippen LogP contribution in [0, 0.1) is 12.7 Å². The van der Waals surface area contributed by atoms with Gasteiger partial charge in [0.25, 0.3) is 0 Å². The minimum absolute atomic E-state index is 0.145. The van der Waals surface area contributed by atoms with Crippen LogP contribution < -0.4 is 9.47 Å². The summed E-state index contributed by atoms with van der Waals surface area (Å²) in [6, 6.07) is 8.93. The summed E-state index contributed by atoms with van der Waals surface area (Å²) < 4.78 is 51.8. The molecule has 0 amide bonds. The van der Waals surface area contributed by atoms with Crippen molar-refractivity contribution in [2.45, 2.75) is 30.7 Å². The molecule has 1 unspecified atom stereocenters. The van der Waals surface area contributed by atoms with E-state index in [0.29, 0.717) is 23.6 Å². The average molecular weight is 379 g/mol. The first-order valence-electron chi connectivity index (χ1n) is 8.38. The summed E-state index contributed by atoms with van der Waals surface area (Å²) in [5, 5.41) is 0. The fraction of sp³-hybridized carbons (Fsp3) is 0.368. The summed E-state index contributed by atoms with van der Waals surface area (Å²) in [5.41, 5.74) is 1.26. The number of nitrogens with zero attached hydrogens (tertiary/aromatic N) is 1. The van der Waals surface area contributed by atoms with Crippen LogP contribution >= 0.6 is 0 Å². The molecule has 3 rings (SSSR count). The largest absolute Gasteiger partial charge is 0.493 e. The molecule has 7 heteroatoms. The van der Waals surface area contributed by atoms with Crippen LogP contribution in [-0.2, 0) is 10.0 Å². The van der Waals surface area contributed by atoms with Crippen LogP contribution in [0.15, 0.2) is 41.3 Å². The van der Waals surface area contributed by atoms with Crippen LogP contribution in [0.3, 0.4) is 0 Å². The smallest absolute Gasteiger partial charge is 0.243 e. The quantitative estimate of drug-likeness (QED) is 0.795. The average Bonchev–Trinajstić information content (AvgIpc) is 3.11. The second-order valence-electron chi connectivity index (χ2n) is 6.30. The molecule has 1 atom stereocenters. The standard InChI is InChI=1S/C19H22FNO4S/c1-13-11-15(20)7-9-19(13)26(22,23)21-10-4-5-16(21)14-6-8-17(24-2)18(12-14)25-3/h6-9,11-12,16H,4-5,10H2,1-3H3. The third-order valence-corrected chi connectivity index (χ3v) is 6.79. The zero-order chi connectivity index (χ0) is 18.9. The number of hydrogen-bond acceptors (Lipinski definition) is 4. The summed E-state index contributed by atoms with van der Waals surface area (Å²) in [6.45, 7) is 2.04. The van der Waals surface area contributed by atoms with Gasteiger partial charge in [0.2, 0.25) is 10.0 Å². The van der Waals surface area contributed by atoms with Crippen LogP contribution in [0.2, 0.25) is 0 Å². The predicted molar refractivity (Wildman–Crippen MR) is 96.5 cm³/mol. The maximum absolute atomic E-state index is 13.4. The van der Waals surface area contributed by atoms with E-state index in [0.717, 1.165) is 18.4 Å². The van der Waals surface area contributed by atoms with Crippen molar-refractivity contribution < 1.29 is 22.3 Å². The van der Waals surface area contributed by atoms with Crippen molar-refractivity contribution in [1.82, 2.24) is 4.31 Å². The summed E-state index contributed by atoms with van der Waals surface area (Å²) in [7, 11) is -0.619. The number of rotatable bonds is 5. The monoisotopic (exact) mass is 379 g/mol. The second kappa shape index (κ2) is 7.25. The Kier molecular flexibility index (Phi) is 5.20. The summed E-state index contributed by atoms with van der Waals surface area (Å²) in [6.07, 6.45) is 1.48. The molecule has 0 aliphatic carbocycles. The number of ether oxygens (including phenoxy) is 2. The van der Waals surface area contributed by atoms with E-state index in [1.165, 1.54) is 22.5 Å². The van der Waals surface area contributed by atoms with Crippen molar-refractivity contribution in [1.29, 1.82) is 0 Å². The van der Waals surface area contributed by atoms with Crippen LogP contribution in [0.5, 0.6) is 11.5 Å². The van der Waals surface area contributed by atoms with Gasteiger partial charge in [0.15, 0.2) is 11.5 Å². The van der Waals surface area contributed by atoms with E-state index in [-0.39, 0.29) is 10.9 Å². The minimum Gasteiger partial charge on any atom is -0.493 e. The molecule has 1 saturated heterocycles. The molecule has 5 nitrogen and oxygen atoms in total. The van der Waals surface area contributed by atoms with Gasteiger partial charge in [0.05, 0.1) is 25.2 Å². The summed E-state index contributed by atoms with van der Waals surface area (Å²) in [4.78, 5) is 0.145. The van der Waals surface area contributed by atoms with Crippen molar-refractivity contribution in [3.8, 4) is 11.5 Å². The Morgan fingerprint density at radius 3 is 2.46 bits per heavy atom. The summed E-state index contributed by atoms with van der Waals surface area (Å²) >= 11 is 0. The molecule has 26 heavy (non-hydrogen) atoms. The van der Waals surface area contributed by atoms with Gasteiger partial charge in [0.1, 0.15) is 5.82 Å². The van der Waals surface area contributed by atoms with Gasteiger partial charge in [-0.3, -0.25) is 0 Å². The lowest BCUT2D eigenvalue weighted by Gasteiger charge is -2.25. The third kappa shape index (κ3) is 3.29. The van der Waals surface area contributed by atoms with E-state index in [1.807, 2.05) is 12.1 Å². The van der Waals surface area contributed by atoms with Crippen molar-refractivity contribution in [3.05, 3.63) is 53.3 Å². The molecule has 1 aliphatic heterocycles. The lowest BCUT2D eigenvalue weighted by atomic mass is 10.0. The topological polar surface area (TPSA) is 55.8 Å². The van der Waals surface area contributed by atoms with Crippen molar-refractivity contribution in [2.75, 3.05) is 20.8 Å². The molecule has 0 bridgehead atoms. The highest BCUT2D eigenvalue weighted by atomic mass is 32.2. The van der Waals surface area contributed by atoms with Gasteiger partial charge >= 0.3 is 0 Å². The van der Waals surface area contributed by atoms with Crippen LogP contribution in [0.4, 0.5) is 4.39 Å². The van der Waals surface area contributed by atoms with Crippen LogP contribution in [0.25, 0.3) is 0 Å². The van der Waals surface area contributed by atoms with E-state index in [1.54, 1.807) is 27.2 Å². The highest BCUT2D eigenvalue weighted by Gasteiger charge is 2.37. The maximum Gasteiger partial charge on any atom is 0.243 e. The molecule has 1 fully saturated rings.